The van der Waals surface area contributed by atoms with Gasteiger partial charge in [-0.2, -0.15) is 0 Å². The van der Waals surface area contributed by atoms with Gasteiger partial charge in [0, 0.05) is 4.43 Å². The third-order valence-electron chi connectivity index (χ3n) is 5.62. The number of aliphatic hydroxyl groups excluding tert-OH is 1. The quantitative estimate of drug-likeness (QED) is 0.283. The Bertz CT molecular complexity index is 941. The molecule has 5 atom stereocenters. The maximum atomic E-state index is 10.8. The summed E-state index contributed by atoms with van der Waals surface area (Å²) < 4.78 is 25.5. The first-order valence-electron chi connectivity index (χ1n) is 11.1. The first-order valence-corrected chi connectivity index (χ1v) is 12.6. The molecule has 1 aliphatic rings. The minimum atomic E-state index is -1.11. The second-order valence-electron chi connectivity index (χ2n) is 8.00. The van der Waals surface area contributed by atoms with Gasteiger partial charge >= 0.3 is 0 Å². The molecule has 3 aromatic rings. The Morgan fingerprint density at radius 2 is 1.00 bits per heavy atom. The van der Waals surface area contributed by atoms with E-state index in [-0.39, 0.29) is 6.10 Å². The Morgan fingerprint density at radius 1 is 0.606 bits per heavy atom. The standard InChI is InChI=1S/C27H29IO5/c28-16-23-24(30-17-20-10-4-1-5-11-20)25(31-18-21-12-6-2-7-13-21)26(27(29)33-23)32-19-22-14-8-3-9-15-22/h1-15,23-27,29H,16-19H2/t23?,24-,25?,26-,27?/m0/s1. The monoisotopic (exact) mass is 560 g/mol. The van der Waals surface area contributed by atoms with E-state index in [0.717, 1.165) is 16.7 Å². The third-order valence-corrected chi connectivity index (χ3v) is 6.49. The van der Waals surface area contributed by atoms with E-state index in [4.69, 9.17) is 18.9 Å². The third kappa shape index (κ3) is 6.85. The molecule has 1 fully saturated rings. The smallest absolute Gasteiger partial charge is 0.184 e. The van der Waals surface area contributed by atoms with Gasteiger partial charge in [0.05, 0.1) is 25.9 Å². The van der Waals surface area contributed by atoms with Crippen molar-refractivity contribution in [2.75, 3.05) is 4.43 Å². The molecule has 0 amide bonds. The molecule has 33 heavy (non-hydrogen) atoms. The zero-order chi connectivity index (χ0) is 22.9. The van der Waals surface area contributed by atoms with Gasteiger partial charge in [-0.15, -0.1) is 0 Å². The van der Waals surface area contributed by atoms with Gasteiger partial charge in [0.25, 0.3) is 0 Å². The fraction of sp³-hybridized carbons (Fsp3) is 0.333. The lowest BCUT2D eigenvalue weighted by molar-refractivity contribution is -0.306. The number of aliphatic hydroxyl groups is 1. The molecule has 4 rings (SSSR count). The van der Waals surface area contributed by atoms with Gasteiger partial charge in [-0.25, -0.2) is 0 Å². The van der Waals surface area contributed by atoms with Crippen molar-refractivity contribution >= 4 is 22.6 Å². The minimum Gasteiger partial charge on any atom is -0.368 e. The topological polar surface area (TPSA) is 57.2 Å². The highest BCUT2D eigenvalue weighted by atomic mass is 127. The van der Waals surface area contributed by atoms with Crippen LogP contribution in [0.5, 0.6) is 0 Å². The summed E-state index contributed by atoms with van der Waals surface area (Å²) in [5, 5.41) is 10.8. The maximum Gasteiger partial charge on any atom is 0.184 e. The predicted octanol–water partition coefficient (Wildman–Crippen LogP) is 4.89. The number of halogens is 1. The van der Waals surface area contributed by atoms with Crippen LogP contribution >= 0.6 is 22.6 Å². The van der Waals surface area contributed by atoms with Crippen molar-refractivity contribution in [1.82, 2.24) is 0 Å². The molecule has 3 unspecified atom stereocenters. The van der Waals surface area contributed by atoms with Crippen LogP contribution in [0.3, 0.4) is 0 Å². The summed E-state index contributed by atoms with van der Waals surface area (Å²) in [6, 6.07) is 29.9. The maximum absolute atomic E-state index is 10.8. The fourth-order valence-electron chi connectivity index (χ4n) is 3.89. The normalized spacial score (nSPS) is 25.1. The number of hydrogen-bond acceptors (Lipinski definition) is 5. The molecule has 0 aromatic heterocycles. The molecule has 0 radical (unpaired) electrons. The molecule has 174 valence electrons. The van der Waals surface area contributed by atoms with Gasteiger partial charge in [-0.3, -0.25) is 0 Å². The summed E-state index contributed by atoms with van der Waals surface area (Å²) in [5.41, 5.74) is 3.14. The largest absolute Gasteiger partial charge is 0.368 e. The van der Waals surface area contributed by atoms with Crippen LogP contribution in [0, 0.1) is 0 Å². The lowest BCUT2D eigenvalue weighted by atomic mass is 9.98. The predicted molar refractivity (Wildman–Crippen MR) is 135 cm³/mol. The zero-order valence-electron chi connectivity index (χ0n) is 18.3. The molecular weight excluding hydrogens is 531 g/mol. The van der Waals surface area contributed by atoms with E-state index < -0.39 is 24.6 Å². The summed E-state index contributed by atoms with van der Waals surface area (Å²) in [7, 11) is 0. The van der Waals surface area contributed by atoms with Crippen LogP contribution in [0.2, 0.25) is 0 Å². The Kier molecular flexibility index (Phi) is 9.28. The Morgan fingerprint density at radius 3 is 1.42 bits per heavy atom. The number of rotatable bonds is 10. The van der Waals surface area contributed by atoms with Crippen molar-refractivity contribution in [3.63, 3.8) is 0 Å². The number of alkyl halides is 1. The SMILES string of the molecule is OC1OC(CI)[C@H](OCc2ccccc2)C(OCc2ccccc2)[C@@H]1OCc1ccccc1. The molecular formula is C27H29IO5. The second-order valence-corrected chi connectivity index (χ2v) is 8.88. The van der Waals surface area contributed by atoms with Gasteiger partial charge in [0.15, 0.2) is 6.29 Å². The Balaban J connectivity index is 1.53. The second kappa shape index (κ2) is 12.6. The summed E-state index contributed by atoms with van der Waals surface area (Å²) in [4.78, 5) is 0. The van der Waals surface area contributed by atoms with Crippen molar-refractivity contribution in [2.45, 2.75) is 50.5 Å². The molecule has 3 aromatic carbocycles. The zero-order valence-corrected chi connectivity index (χ0v) is 20.5. The highest BCUT2D eigenvalue weighted by Crippen LogP contribution is 2.30. The van der Waals surface area contributed by atoms with E-state index in [0.29, 0.717) is 24.2 Å². The summed E-state index contributed by atoms with van der Waals surface area (Å²) in [6.07, 6.45) is -3.00. The van der Waals surface area contributed by atoms with E-state index in [1.54, 1.807) is 0 Å². The van der Waals surface area contributed by atoms with E-state index >= 15 is 0 Å². The summed E-state index contributed by atoms with van der Waals surface area (Å²) >= 11 is 2.26. The van der Waals surface area contributed by atoms with Crippen molar-refractivity contribution in [2.24, 2.45) is 0 Å². The van der Waals surface area contributed by atoms with Crippen LogP contribution < -0.4 is 0 Å². The van der Waals surface area contributed by atoms with E-state index in [2.05, 4.69) is 22.6 Å². The van der Waals surface area contributed by atoms with Crippen LogP contribution in [0.4, 0.5) is 0 Å². The van der Waals surface area contributed by atoms with Gasteiger partial charge < -0.3 is 24.1 Å². The number of hydrogen-bond donors (Lipinski definition) is 1. The molecule has 6 heteroatoms. The lowest BCUT2D eigenvalue weighted by Gasteiger charge is -2.44. The average molecular weight is 560 g/mol. The average Bonchev–Trinajstić information content (AvgIpc) is 2.87. The van der Waals surface area contributed by atoms with E-state index in [1.165, 1.54) is 0 Å². The number of ether oxygens (including phenoxy) is 4. The molecule has 1 aliphatic heterocycles. The number of benzene rings is 3. The van der Waals surface area contributed by atoms with Crippen molar-refractivity contribution in [1.29, 1.82) is 0 Å². The van der Waals surface area contributed by atoms with E-state index in [1.807, 2.05) is 91.0 Å². The van der Waals surface area contributed by atoms with Crippen LogP contribution in [-0.2, 0) is 38.8 Å². The molecule has 1 N–H and O–H groups in total. The van der Waals surface area contributed by atoms with Gasteiger partial charge in [0.1, 0.15) is 18.3 Å². The van der Waals surface area contributed by atoms with Crippen LogP contribution in [0.25, 0.3) is 0 Å². The molecule has 0 aliphatic carbocycles. The molecule has 0 bridgehead atoms. The van der Waals surface area contributed by atoms with Crippen molar-refractivity contribution < 1.29 is 24.1 Å². The van der Waals surface area contributed by atoms with Gasteiger partial charge in [-0.05, 0) is 16.7 Å². The van der Waals surface area contributed by atoms with Crippen molar-refractivity contribution in [3.05, 3.63) is 108 Å². The lowest BCUT2D eigenvalue weighted by Crippen LogP contribution is -2.60. The molecule has 1 heterocycles. The highest BCUT2D eigenvalue weighted by molar-refractivity contribution is 14.1. The summed E-state index contributed by atoms with van der Waals surface area (Å²) in [5.74, 6) is 0. The molecule has 0 saturated carbocycles. The van der Waals surface area contributed by atoms with E-state index in [9.17, 15) is 5.11 Å². The molecule has 5 nitrogen and oxygen atoms in total. The Hall–Kier alpha value is -1.81. The fourth-order valence-corrected chi connectivity index (χ4v) is 4.60. The van der Waals surface area contributed by atoms with Crippen LogP contribution in [-0.4, -0.2) is 40.2 Å². The van der Waals surface area contributed by atoms with Crippen molar-refractivity contribution in [3.8, 4) is 0 Å². The van der Waals surface area contributed by atoms with Gasteiger partial charge in [0.2, 0.25) is 0 Å². The summed E-state index contributed by atoms with van der Waals surface area (Å²) in [6.45, 7) is 1.16. The van der Waals surface area contributed by atoms with Crippen LogP contribution in [0.1, 0.15) is 16.7 Å². The molecule has 1 saturated heterocycles. The minimum absolute atomic E-state index is 0.318. The molecule has 0 spiro atoms. The Labute approximate surface area is 208 Å². The van der Waals surface area contributed by atoms with Gasteiger partial charge in [-0.1, -0.05) is 114 Å². The first kappa shape index (κ1) is 24.3. The first-order chi connectivity index (χ1) is 16.2. The highest BCUT2D eigenvalue weighted by Gasteiger charge is 2.47. The van der Waals surface area contributed by atoms with Crippen LogP contribution in [0.15, 0.2) is 91.0 Å².